The van der Waals surface area contributed by atoms with Crippen LogP contribution in [0.15, 0.2) is 45.3 Å². The molecule has 1 N–H and O–H groups in total. The van der Waals surface area contributed by atoms with Crippen LogP contribution >= 0.6 is 31.9 Å². The van der Waals surface area contributed by atoms with Crippen LogP contribution < -0.4 is 10.1 Å². The van der Waals surface area contributed by atoms with Gasteiger partial charge in [0.1, 0.15) is 5.75 Å². The van der Waals surface area contributed by atoms with Crippen molar-refractivity contribution in [3.8, 4) is 5.75 Å². The zero-order valence-electron chi connectivity index (χ0n) is 12.2. The zero-order valence-corrected chi connectivity index (χ0v) is 15.4. The summed E-state index contributed by atoms with van der Waals surface area (Å²) in [6.07, 6.45) is 1.01. The van der Waals surface area contributed by atoms with Gasteiger partial charge in [-0.05, 0) is 49.2 Å². The van der Waals surface area contributed by atoms with Crippen LogP contribution in [0.2, 0.25) is 0 Å². The van der Waals surface area contributed by atoms with Crippen molar-refractivity contribution in [1.82, 2.24) is 0 Å². The molecule has 2 aromatic rings. The van der Waals surface area contributed by atoms with E-state index < -0.39 is 0 Å². The number of anilines is 1. The Labute approximate surface area is 143 Å². The molecule has 0 amide bonds. The maximum atomic E-state index is 5.81. The lowest BCUT2D eigenvalue weighted by atomic mass is 10.1. The van der Waals surface area contributed by atoms with Gasteiger partial charge in [0, 0.05) is 26.7 Å². The minimum absolute atomic E-state index is 0.732. The third-order valence-corrected chi connectivity index (χ3v) is 4.14. The first-order chi connectivity index (χ1) is 10.1. The number of nitrogens with one attached hydrogen (secondary N) is 1. The molecule has 2 nitrogen and oxygen atoms in total. The van der Waals surface area contributed by atoms with Gasteiger partial charge in [0.15, 0.2) is 0 Å². The molecule has 0 aliphatic carbocycles. The van der Waals surface area contributed by atoms with Crippen molar-refractivity contribution in [1.29, 1.82) is 0 Å². The van der Waals surface area contributed by atoms with Gasteiger partial charge in [0.2, 0.25) is 0 Å². The van der Waals surface area contributed by atoms with Crippen molar-refractivity contribution in [3.63, 3.8) is 0 Å². The summed E-state index contributed by atoms with van der Waals surface area (Å²) in [7, 11) is 0. The molecule has 0 radical (unpaired) electrons. The van der Waals surface area contributed by atoms with Crippen LogP contribution in [-0.4, -0.2) is 6.61 Å². The van der Waals surface area contributed by atoms with E-state index in [1.54, 1.807) is 0 Å². The number of hydrogen-bond acceptors (Lipinski definition) is 2. The van der Waals surface area contributed by atoms with Gasteiger partial charge in [-0.25, -0.2) is 0 Å². The largest absolute Gasteiger partial charge is 0.493 e. The Hall–Kier alpha value is -1.00. The quantitative estimate of drug-likeness (QED) is 0.635. The Morgan fingerprint density at radius 3 is 2.52 bits per heavy atom. The first kappa shape index (κ1) is 16.4. The summed E-state index contributed by atoms with van der Waals surface area (Å²) in [6, 6.07) is 12.4. The molecule has 4 heteroatoms. The third kappa shape index (κ3) is 4.75. The van der Waals surface area contributed by atoms with Gasteiger partial charge >= 0.3 is 0 Å². The first-order valence-corrected chi connectivity index (χ1v) is 8.60. The highest BCUT2D eigenvalue weighted by Gasteiger charge is 2.06. The Balaban J connectivity index is 2.14. The summed E-state index contributed by atoms with van der Waals surface area (Å²) in [6.45, 7) is 5.69. The molecule has 0 aliphatic heterocycles. The van der Waals surface area contributed by atoms with Gasteiger partial charge < -0.3 is 10.1 Å². The molecule has 0 unspecified atom stereocenters. The Bertz CT molecular complexity index is 614. The topological polar surface area (TPSA) is 21.3 Å². The minimum atomic E-state index is 0.732. The van der Waals surface area contributed by atoms with E-state index in [9.17, 15) is 0 Å². The average Bonchev–Trinajstić information content (AvgIpc) is 2.47. The highest BCUT2D eigenvalue weighted by atomic mass is 79.9. The molecule has 0 saturated heterocycles. The van der Waals surface area contributed by atoms with Gasteiger partial charge in [-0.15, -0.1) is 0 Å². The molecule has 0 aromatic heterocycles. The number of ether oxygens (including phenoxy) is 1. The van der Waals surface area contributed by atoms with Gasteiger partial charge in [-0.3, -0.25) is 0 Å². The summed E-state index contributed by atoms with van der Waals surface area (Å²) >= 11 is 7.04. The van der Waals surface area contributed by atoms with E-state index in [0.29, 0.717) is 0 Å². The molecule has 0 aliphatic rings. The smallest absolute Gasteiger partial charge is 0.124 e. The van der Waals surface area contributed by atoms with E-state index in [4.69, 9.17) is 4.74 Å². The van der Waals surface area contributed by atoms with Crippen molar-refractivity contribution in [2.75, 3.05) is 11.9 Å². The van der Waals surface area contributed by atoms with Crippen molar-refractivity contribution in [3.05, 3.63) is 56.5 Å². The van der Waals surface area contributed by atoms with Crippen LogP contribution in [0.1, 0.15) is 24.5 Å². The second kappa shape index (κ2) is 7.85. The summed E-state index contributed by atoms with van der Waals surface area (Å²) < 4.78 is 7.95. The lowest BCUT2D eigenvalue weighted by Crippen LogP contribution is -2.05. The molecule has 2 rings (SSSR count). The van der Waals surface area contributed by atoms with Gasteiger partial charge in [0.25, 0.3) is 0 Å². The SMILES string of the molecule is CCCOc1ccc(Br)cc1CNc1cc(Br)ccc1C. The van der Waals surface area contributed by atoms with Gasteiger partial charge in [-0.2, -0.15) is 0 Å². The molecule has 2 aromatic carbocycles. The van der Waals surface area contributed by atoms with Crippen molar-refractivity contribution < 1.29 is 4.74 Å². The molecule has 0 spiro atoms. The maximum Gasteiger partial charge on any atom is 0.124 e. The number of benzene rings is 2. The summed E-state index contributed by atoms with van der Waals surface area (Å²) in [5.41, 5.74) is 3.51. The summed E-state index contributed by atoms with van der Waals surface area (Å²) in [4.78, 5) is 0. The molecule has 0 saturated carbocycles. The van der Waals surface area contributed by atoms with Crippen LogP contribution in [-0.2, 0) is 6.54 Å². The lowest BCUT2D eigenvalue weighted by molar-refractivity contribution is 0.314. The summed E-state index contributed by atoms with van der Waals surface area (Å²) in [5, 5.41) is 3.48. The molecule has 112 valence electrons. The highest BCUT2D eigenvalue weighted by molar-refractivity contribution is 9.10. The van der Waals surface area contributed by atoms with E-state index in [2.05, 4.69) is 75.3 Å². The van der Waals surface area contributed by atoms with Crippen molar-refractivity contribution in [2.45, 2.75) is 26.8 Å². The number of aryl methyl sites for hydroxylation is 1. The van der Waals surface area contributed by atoms with E-state index in [0.717, 1.165) is 45.5 Å². The van der Waals surface area contributed by atoms with E-state index in [1.807, 2.05) is 12.1 Å². The average molecular weight is 413 g/mol. The number of hydrogen-bond donors (Lipinski definition) is 1. The monoisotopic (exact) mass is 411 g/mol. The highest BCUT2D eigenvalue weighted by Crippen LogP contribution is 2.26. The number of halogens is 2. The minimum Gasteiger partial charge on any atom is -0.493 e. The molecule has 0 heterocycles. The molecular weight excluding hydrogens is 394 g/mol. The summed E-state index contributed by atoms with van der Waals surface area (Å²) in [5.74, 6) is 0.945. The third-order valence-electron chi connectivity index (χ3n) is 3.15. The van der Waals surface area contributed by atoms with Crippen molar-refractivity contribution >= 4 is 37.5 Å². The van der Waals surface area contributed by atoms with E-state index in [1.165, 1.54) is 5.56 Å². The molecule has 0 fully saturated rings. The van der Waals surface area contributed by atoms with Crippen LogP contribution in [0.5, 0.6) is 5.75 Å². The first-order valence-electron chi connectivity index (χ1n) is 7.01. The zero-order chi connectivity index (χ0) is 15.2. The fraction of sp³-hybridized carbons (Fsp3) is 0.294. The second-order valence-corrected chi connectivity index (χ2v) is 6.74. The molecular formula is C17H19Br2NO. The standard InChI is InChI=1S/C17H19Br2NO/c1-3-8-21-17-7-6-14(18)9-13(17)11-20-16-10-15(19)5-4-12(16)2/h4-7,9-10,20H,3,8,11H2,1-2H3. The Kier molecular flexibility index (Phi) is 6.12. The van der Waals surface area contributed by atoms with Gasteiger partial charge in [0.05, 0.1) is 6.61 Å². The Morgan fingerprint density at radius 1 is 1.05 bits per heavy atom. The van der Waals surface area contributed by atoms with E-state index in [-0.39, 0.29) is 0 Å². The molecule has 0 atom stereocenters. The fourth-order valence-electron chi connectivity index (χ4n) is 2.01. The predicted molar refractivity (Wildman–Crippen MR) is 96.1 cm³/mol. The Morgan fingerprint density at radius 2 is 1.76 bits per heavy atom. The lowest BCUT2D eigenvalue weighted by Gasteiger charge is -2.14. The van der Waals surface area contributed by atoms with Crippen molar-refractivity contribution in [2.24, 2.45) is 0 Å². The van der Waals surface area contributed by atoms with Crippen LogP contribution in [0.25, 0.3) is 0 Å². The van der Waals surface area contributed by atoms with E-state index >= 15 is 0 Å². The second-order valence-electron chi connectivity index (χ2n) is 4.91. The molecule has 0 bridgehead atoms. The van der Waals surface area contributed by atoms with Crippen LogP contribution in [0.3, 0.4) is 0 Å². The van der Waals surface area contributed by atoms with Crippen LogP contribution in [0, 0.1) is 6.92 Å². The van der Waals surface area contributed by atoms with Crippen LogP contribution in [0.4, 0.5) is 5.69 Å². The maximum absolute atomic E-state index is 5.81. The fourth-order valence-corrected chi connectivity index (χ4v) is 2.78. The normalized spacial score (nSPS) is 10.5. The van der Waals surface area contributed by atoms with Gasteiger partial charge in [-0.1, -0.05) is 44.8 Å². The predicted octanol–water partition coefficient (Wildman–Crippen LogP) is 5.92. The molecule has 21 heavy (non-hydrogen) atoms. The number of rotatable bonds is 6.